The van der Waals surface area contributed by atoms with E-state index in [4.69, 9.17) is 15.8 Å². The van der Waals surface area contributed by atoms with E-state index >= 15 is 4.39 Å². The Kier molecular flexibility index (Phi) is 5.08. The summed E-state index contributed by atoms with van der Waals surface area (Å²) in [5.74, 6) is 6.14. The van der Waals surface area contributed by atoms with Gasteiger partial charge in [-0.25, -0.2) is 9.18 Å². The predicted molar refractivity (Wildman–Crippen MR) is 118 cm³/mol. The number of rotatable bonds is 6. The normalized spacial score (nSPS) is 24.7. The van der Waals surface area contributed by atoms with Crippen molar-refractivity contribution in [2.75, 3.05) is 37.5 Å². The second-order valence-electron chi connectivity index (χ2n) is 9.07. The second-order valence-corrected chi connectivity index (χ2v) is 9.07. The molecule has 3 fully saturated rings. The highest BCUT2D eigenvalue weighted by molar-refractivity contribution is 5.91. The number of ether oxygens (including phenoxy) is 1. The van der Waals surface area contributed by atoms with Gasteiger partial charge in [0.05, 0.1) is 18.6 Å². The molecule has 1 saturated heterocycles. The molecule has 2 saturated carbocycles. The molecule has 2 aliphatic carbocycles. The molecule has 1 aromatic carbocycles. The van der Waals surface area contributed by atoms with Crippen LogP contribution in [0.5, 0.6) is 5.75 Å². The Morgan fingerprint density at radius 1 is 1.28 bits per heavy atom. The lowest BCUT2D eigenvalue weighted by Gasteiger charge is -2.26. The van der Waals surface area contributed by atoms with Crippen LogP contribution in [0, 0.1) is 29.0 Å². The van der Waals surface area contributed by atoms with Crippen molar-refractivity contribution in [1.29, 1.82) is 5.26 Å². The summed E-state index contributed by atoms with van der Waals surface area (Å²) in [6, 6.07) is 3.57. The molecule has 1 aliphatic heterocycles. The molecule has 0 bridgehead atoms. The van der Waals surface area contributed by atoms with Crippen LogP contribution >= 0.6 is 0 Å². The number of anilines is 1. The van der Waals surface area contributed by atoms with Crippen molar-refractivity contribution in [2.24, 2.45) is 11.8 Å². The van der Waals surface area contributed by atoms with E-state index in [0.717, 1.165) is 25.7 Å². The smallest absolute Gasteiger partial charge is 0.350 e. The highest BCUT2D eigenvalue weighted by Crippen LogP contribution is 2.46. The highest BCUT2D eigenvalue weighted by atomic mass is 19.1. The first-order valence-corrected chi connectivity index (χ1v) is 11.1. The Balaban J connectivity index is 1.59. The molecule has 32 heavy (non-hydrogen) atoms. The minimum Gasteiger partial charge on any atom is -0.492 e. The molecule has 3 N–H and O–H groups in total. The van der Waals surface area contributed by atoms with Gasteiger partial charge in [-0.15, -0.1) is 0 Å². The lowest BCUT2D eigenvalue weighted by Crippen LogP contribution is -2.44. The van der Waals surface area contributed by atoms with Crippen molar-refractivity contribution in [1.82, 2.24) is 14.6 Å². The maximum absolute atomic E-state index is 15.5. The minimum atomic E-state index is -0.731. The Bertz CT molecular complexity index is 1230. The van der Waals surface area contributed by atoms with Crippen LogP contribution in [-0.2, 0) is 0 Å². The molecule has 10 heteroatoms. The van der Waals surface area contributed by atoms with Gasteiger partial charge in [-0.1, -0.05) is 0 Å². The number of benzene rings is 1. The van der Waals surface area contributed by atoms with Gasteiger partial charge in [-0.05, 0) is 43.6 Å². The number of nitriles is 1. The van der Waals surface area contributed by atoms with Gasteiger partial charge in [0.1, 0.15) is 11.2 Å². The Morgan fingerprint density at radius 2 is 2.06 bits per heavy atom. The van der Waals surface area contributed by atoms with E-state index in [1.165, 1.54) is 17.7 Å². The van der Waals surface area contributed by atoms with Gasteiger partial charge in [-0.3, -0.25) is 9.36 Å². The molecule has 5 rings (SSSR count). The van der Waals surface area contributed by atoms with Crippen LogP contribution in [0.15, 0.2) is 15.7 Å². The van der Waals surface area contributed by atoms with Crippen molar-refractivity contribution in [3.8, 4) is 11.8 Å². The number of hydrogen-bond donors (Lipinski definition) is 2. The number of hydrogen-bond acceptors (Lipinski definition) is 7. The van der Waals surface area contributed by atoms with Crippen molar-refractivity contribution in [2.45, 2.75) is 44.2 Å². The van der Waals surface area contributed by atoms with Crippen LogP contribution in [0.1, 0.15) is 38.1 Å². The Hall–Kier alpha value is -3.06. The molecule has 0 spiro atoms. The van der Waals surface area contributed by atoms with Crippen LogP contribution in [0.2, 0.25) is 0 Å². The summed E-state index contributed by atoms with van der Waals surface area (Å²) >= 11 is 0. The molecule has 2 heterocycles. The molecular formula is C22H27FN6O3. The molecule has 3 aliphatic rings. The lowest BCUT2D eigenvalue weighted by molar-refractivity contribution is 0.393. The maximum atomic E-state index is 15.5. The van der Waals surface area contributed by atoms with Crippen molar-refractivity contribution >= 4 is 16.6 Å². The fourth-order valence-corrected chi connectivity index (χ4v) is 5.61. The molecular weight excluding hydrogens is 415 g/mol. The average Bonchev–Trinajstić information content (AvgIpc) is 3.42. The third-order valence-electron chi connectivity index (χ3n) is 7.22. The third kappa shape index (κ3) is 3.14. The summed E-state index contributed by atoms with van der Waals surface area (Å²) in [5.41, 5.74) is -0.719. The number of nitrogens with zero attached hydrogens (tertiary/aromatic N) is 4. The first-order chi connectivity index (χ1) is 15.5. The number of nitrogen functional groups attached to an aromatic ring is 1. The Labute approximate surface area is 184 Å². The molecule has 2 aromatic rings. The van der Waals surface area contributed by atoms with Gasteiger partial charge >= 0.3 is 5.69 Å². The van der Waals surface area contributed by atoms with E-state index in [1.54, 1.807) is 0 Å². The van der Waals surface area contributed by atoms with Gasteiger partial charge in [0, 0.05) is 38.1 Å². The average molecular weight is 442 g/mol. The van der Waals surface area contributed by atoms with E-state index in [-0.39, 0.29) is 17.2 Å². The molecule has 3 unspecified atom stereocenters. The monoisotopic (exact) mass is 442 g/mol. The minimum absolute atomic E-state index is 0.0486. The summed E-state index contributed by atoms with van der Waals surface area (Å²) in [4.78, 5) is 27.5. The zero-order valence-corrected chi connectivity index (χ0v) is 18.0. The van der Waals surface area contributed by atoms with E-state index in [1.807, 2.05) is 4.90 Å². The first kappa shape index (κ1) is 20.8. The standard InChI is InChI=1S/C22H27FN6O3/c1-32-20-18-14(21(30)29(25)22(31)28(18)13-4-5-13)9-16(23)19(20)27-10-12-3-6-17(15(12)11-27)26-8-2-7-24/h9,12-13,15,17,26H,2-6,8,10-11,25H2,1H3. The number of fused-ring (bicyclic) bond motifs is 2. The molecule has 0 radical (unpaired) electrons. The van der Waals surface area contributed by atoms with E-state index in [0.29, 0.717) is 59.8 Å². The lowest BCUT2D eigenvalue weighted by atomic mass is 9.98. The fraction of sp³-hybridized carbons (Fsp3) is 0.591. The number of nitrogens with two attached hydrogens (primary N) is 1. The fourth-order valence-electron chi connectivity index (χ4n) is 5.61. The molecule has 3 atom stereocenters. The van der Waals surface area contributed by atoms with Crippen molar-refractivity contribution < 1.29 is 9.13 Å². The first-order valence-electron chi connectivity index (χ1n) is 11.1. The molecule has 0 amide bonds. The van der Waals surface area contributed by atoms with E-state index < -0.39 is 17.1 Å². The van der Waals surface area contributed by atoms with Crippen LogP contribution in [0.3, 0.4) is 0 Å². The van der Waals surface area contributed by atoms with Gasteiger partial charge in [0.15, 0.2) is 11.6 Å². The predicted octanol–water partition coefficient (Wildman–Crippen LogP) is 1.08. The van der Waals surface area contributed by atoms with Gasteiger partial charge in [0.25, 0.3) is 5.56 Å². The summed E-state index contributed by atoms with van der Waals surface area (Å²) in [5, 5.41) is 12.3. The highest BCUT2D eigenvalue weighted by Gasteiger charge is 2.44. The summed E-state index contributed by atoms with van der Waals surface area (Å²) in [6.07, 6.45) is 4.14. The number of methoxy groups -OCH3 is 1. The maximum Gasteiger partial charge on any atom is 0.350 e. The molecule has 9 nitrogen and oxygen atoms in total. The molecule has 170 valence electrons. The SMILES string of the molecule is COc1c(N2CC3CCC(NCCC#N)C3C2)c(F)cc2c(=O)n(N)c(=O)n(C3CC3)c12. The quantitative estimate of drug-likeness (QED) is 0.508. The second kappa shape index (κ2) is 7.81. The largest absolute Gasteiger partial charge is 0.492 e. The zero-order valence-electron chi connectivity index (χ0n) is 18.0. The van der Waals surface area contributed by atoms with Gasteiger partial charge in [-0.2, -0.15) is 9.94 Å². The summed E-state index contributed by atoms with van der Waals surface area (Å²) in [6.45, 7) is 1.98. The van der Waals surface area contributed by atoms with Crippen LogP contribution in [0.25, 0.3) is 10.9 Å². The number of aromatic nitrogens is 2. The van der Waals surface area contributed by atoms with Gasteiger partial charge in [0.2, 0.25) is 0 Å². The molecule has 1 aromatic heterocycles. The van der Waals surface area contributed by atoms with Crippen LogP contribution in [0.4, 0.5) is 10.1 Å². The number of halogens is 1. The summed E-state index contributed by atoms with van der Waals surface area (Å²) < 4.78 is 23.2. The van der Waals surface area contributed by atoms with Crippen molar-refractivity contribution in [3.63, 3.8) is 0 Å². The van der Waals surface area contributed by atoms with E-state index in [2.05, 4.69) is 11.4 Å². The van der Waals surface area contributed by atoms with Gasteiger partial charge < -0.3 is 20.8 Å². The Morgan fingerprint density at radius 3 is 2.75 bits per heavy atom. The summed E-state index contributed by atoms with van der Waals surface area (Å²) in [7, 11) is 1.44. The topological polar surface area (TPSA) is 118 Å². The van der Waals surface area contributed by atoms with Crippen molar-refractivity contribution in [3.05, 3.63) is 32.7 Å². The zero-order chi connectivity index (χ0) is 22.6. The van der Waals surface area contributed by atoms with Crippen LogP contribution in [-0.4, -0.2) is 42.0 Å². The van der Waals surface area contributed by atoms with Crippen LogP contribution < -0.4 is 32.0 Å². The third-order valence-corrected chi connectivity index (χ3v) is 7.22. The number of nitrogens with one attached hydrogen (secondary N) is 1. The van der Waals surface area contributed by atoms with E-state index in [9.17, 15) is 9.59 Å².